The molecule has 3 rings (SSSR count). The fourth-order valence-corrected chi connectivity index (χ4v) is 3.86. The SMILES string of the molecule is O=S(=O)(Nc1ccccc1Cl)C1=Cc2ccccc2CC1. The molecule has 1 aliphatic rings. The molecule has 5 heteroatoms. The molecule has 0 fully saturated rings. The Balaban J connectivity index is 1.94. The Morgan fingerprint density at radius 1 is 0.952 bits per heavy atom. The average molecular weight is 320 g/mol. The monoisotopic (exact) mass is 319 g/mol. The minimum atomic E-state index is -3.57. The van der Waals surface area contributed by atoms with Crippen LogP contribution in [0.25, 0.3) is 6.08 Å². The van der Waals surface area contributed by atoms with Gasteiger partial charge in [0.1, 0.15) is 0 Å². The van der Waals surface area contributed by atoms with Crippen LogP contribution in [0.15, 0.2) is 53.4 Å². The molecule has 2 aromatic rings. The van der Waals surface area contributed by atoms with Crippen LogP contribution >= 0.6 is 11.6 Å². The van der Waals surface area contributed by atoms with E-state index in [1.807, 2.05) is 24.3 Å². The number of rotatable bonds is 3. The second-order valence-corrected chi connectivity index (χ2v) is 7.04. The zero-order valence-electron chi connectivity index (χ0n) is 11.2. The van der Waals surface area contributed by atoms with Crippen LogP contribution in [-0.2, 0) is 16.4 Å². The topological polar surface area (TPSA) is 46.2 Å². The van der Waals surface area contributed by atoms with Gasteiger partial charge >= 0.3 is 0 Å². The van der Waals surface area contributed by atoms with Crippen LogP contribution in [0.4, 0.5) is 5.69 Å². The molecule has 0 aromatic heterocycles. The van der Waals surface area contributed by atoms with E-state index in [4.69, 9.17) is 11.6 Å². The molecule has 0 radical (unpaired) electrons. The van der Waals surface area contributed by atoms with Crippen molar-refractivity contribution in [3.05, 3.63) is 69.6 Å². The summed E-state index contributed by atoms with van der Waals surface area (Å²) >= 11 is 6.00. The summed E-state index contributed by atoms with van der Waals surface area (Å²) in [6.45, 7) is 0. The highest BCUT2D eigenvalue weighted by Gasteiger charge is 2.22. The molecule has 21 heavy (non-hydrogen) atoms. The van der Waals surface area contributed by atoms with Gasteiger partial charge < -0.3 is 0 Å². The Bertz CT molecular complexity index is 813. The predicted molar refractivity (Wildman–Crippen MR) is 86.7 cm³/mol. The van der Waals surface area contributed by atoms with E-state index < -0.39 is 10.0 Å². The molecule has 1 N–H and O–H groups in total. The van der Waals surface area contributed by atoms with Gasteiger partial charge in [-0.3, -0.25) is 4.72 Å². The summed E-state index contributed by atoms with van der Waals surface area (Å²) in [5.74, 6) is 0. The maximum atomic E-state index is 12.5. The summed E-state index contributed by atoms with van der Waals surface area (Å²) in [5, 5.41) is 0.387. The van der Waals surface area contributed by atoms with Crippen LogP contribution in [0.2, 0.25) is 5.02 Å². The number of fused-ring (bicyclic) bond motifs is 1. The first-order valence-electron chi connectivity index (χ1n) is 6.62. The molecule has 0 saturated heterocycles. The van der Waals surface area contributed by atoms with Crippen molar-refractivity contribution in [2.45, 2.75) is 12.8 Å². The Kier molecular flexibility index (Phi) is 3.74. The molecule has 3 nitrogen and oxygen atoms in total. The fourth-order valence-electron chi connectivity index (χ4n) is 2.37. The highest BCUT2D eigenvalue weighted by Crippen LogP contribution is 2.29. The third-order valence-electron chi connectivity index (χ3n) is 3.48. The van der Waals surface area contributed by atoms with Gasteiger partial charge in [0, 0.05) is 0 Å². The molecular weight excluding hydrogens is 306 g/mol. The number of benzene rings is 2. The summed E-state index contributed by atoms with van der Waals surface area (Å²) < 4.78 is 27.5. The second kappa shape index (κ2) is 5.54. The van der Waals surface area contributed by atoms with Gasteiger partial charge in [-0.2, -0.15) is 0 Å². The van der Waals surface area contributed by atoms with Crippen molar-refractivity contribution in [3.63, 3.8) is 0 Å². The Hall–Kier alpha value is -1.78. The molecule has 0 spiro atoms. The molecule has 0 saturated carbocycles. The molecule has 108 valence electrons. The van der Waals surface area contributed by atoms with Gasteiger partial charge in [-0.05, 0) is 42.2 Å². The zero-order valence-corrected chi connectivity index (χ0v) is 12.8. The van der Waals surface area contributed by atoms with Crippen LogP contribution in [0.5, 0.6) is 0 Å². The molecule has 1 aliphatic carbocycles. The van der Waals surface area contributed by atoms with Gasteiger partial charge in [-0.15, -0.1) is 0 Å². The summed E-state index contributed by atoms with van der Waals surface area (Å²) in [6.07, 6.45) is 2.96. The smallest absolute Gasteiger partial charge is 0.258 e. The number of allylic oxidation sites excluding steroid dienone is 1. The van der Waals surface area contributed by atoms with Gasteiger partial charge in [-0.1, -0.05) is 48.0 Å². The van der Waals surface area contributed by atoms with E-state index in [1.165, 1.54) is 5.56 Å². The first kappa shape index (κ1) is 14.2. The Labute approximate surface area is 129 Å². The quantitative estimate of drug-likeness (QED) is 0.927. The minimum absolute atomic E-state index is 0.387. The van der Waals surface area contributed by atoms with Gasteiger partial charge in [0.15, 0.2) is 0 Å². The van der Waals surface area contributed by atoms with Gasteiger partial charge in [-0.25, -0.2) is 8.42 Å². The molecule has 0 heterocycles. The van der Waals surface area contributed by atoms with Crippen molar-refractivity contribution < 1.29 is 8.42 Å². The van der Waals surface area contributed by atoms with E-state index in [0.717, 1.165) is 12.0 Å². The second-order valence-electron chi connectivity index (χ2n) is 4.89. The normalized spacial score (nSPS) is 14.2. The summed E-state index contributed by atoms with van der Waals surface area (Å²) in [5.41, 5.74) is 2.54. The third-order valence-corrected chi connectivity index (χ3v) is 5.31. The number of aryl methyl sites for hydroxylation is 1. The molecule has 2 aromatic carbocycles. The lowest BCUT2D eigenvalue weighted by molar-refractivity contribution is 0.605. The van der Waals surface area contributed by atoms with Crippen LogP contribution in [-0.4, -0.2) is 8.42 Å². The van der Waals surface area contributed by atoms with Gasteiger partial charge in [0.05, 0.1) is 15.6 Å². The standard InChI is InChI=1S/C16H14ClNO2S/c17-15-7-3-4-8-16(15)18-21(19,20)14-10-9-12-5-1-2-6-13(12)11-14/h1-8,11,18H,9-10H2. The number of nitrogens with one attached hydrogen (secondary N) is 1. The number of anilines is 1. The van der Waals surface area contributed by atoms with Crippen LogP contribution in [0.1, 0.15) is 17.5 Å². The van der Waals surface area contributed by atoms with Crippen molar-refractivity contribution in [1.82, 2.24) is 0 Å². The fraction of sp³-hybridized carbons (Fsp3) is 0.125. The van der Waals surface area contributed by atoms with E-state index in [-0.39, 0.29) is 0 Å². The largest absolute Gasteiger partial charge is 0.278 e. The molecule has 0 amide bonds. The van der Waals surface area contributed by atoms with Crippen molar-refractivity contribution in [2.24, 2.45) is 0 Å². The van der Waals surface area contributed by atoms with E-state index >= 15 is 0 Å². The lowest BCUT2D eigenvalue weighted by Crippen LogP contribution is -2.17. The van der Waals surface area contributed by atoms with Crippen molar-refractivity contribution in [1.29, 1.82) is 0 Å². The maximum Gasteiger partial charge on any atom is 0.258 e. The van der Waals surface area contributed by atoms with E-state index in [0.29, 0.717) is 22.0 Å². The lowest BCUT2D eigenvalue weighted by atomic mass is 9.98. The van der Waals surface area contributed by atoms with Gasteiger partial charge in [0.2, 0.25) is 0 Å². The predicted octanol–water partition coefficient (Wildman–Crippen LogP) is 4.07. The van der Waals surface area contributed by atoms with E-state index in [1.54, 1.807) is 30.3 Å². The molecule has 0 unspecified atom stereocenters. The Morgan fingerprint density at radius 2 is 1.67 bits per heavy atom. The number of hydrogen-bond acceptors (Lipinski definition) is 2. The molecule has 0 bridgehead atoms. The lowest BCUT2D eigenvalue weighted by Gasteiger charge is -2.17. The molecular formula is C16H14ClNO2S. The summed E-state index contributed by atoms with van der Waals surface area (Å²) in [7, 11) is -3.57. The summed E-state index contributed by atoms with van der Waals surface area (Å²) in [6, 6.07) is 14.6. The third kappa shape index (κ3) is 2.96. The number of hydrogen-bond donors (Lipinski definition) is 1. The highest BCUT2D eigenvalue weighted by molar-refractivity contribution is 7.96. The average Bonchev–Trinajstić information content (AvgIpc) is 2.49. The first-order chi connectivity index (χ1) is 10.1. The number of sulfonamides is 1. The number of halogens is 1. The summed E-state index contributed by atoms with van der Waals surface area (Å²) in [4.78, 5) is 0.390. The van der Waals surface area contributed by atoms with Crippen LogP contribution < -0.4 is 4.72 Å². The zero-order chi connectivity index (χ0) is 14.9. The van der Waals surface area contributed by atoms with E-state index in [9.17, 15) is 8.42 Å². The van der Waals surface area contributed by atoms with Crippen LogP contribution in [0, 0.1) is 0 Å². The molecule has 0 aliphatic heterocycles. The minimum Gasteiger partial charge on any atom is -0.278 e. The molecule has 0 atom stereocenters. The van der Waals surface area contributed by atoms with Crippen molar-refractivity contribution >= 4 is 33.4 Å². The first-order valence-corrected chi connectivity index (χ1v) is 8.48. The van der Waals surface area contributed by atoms with Crippen LogP contribution in [0.3, 0.4) is 0 Å². The van der Waals surface area contributed by atoms with Crippen molar-refractivity contribution in [3.8, 4) is 0 Å². The number of para-hydroxylation sites is 1. The van der Waals surface area contributed by atoms with Gasteiger partial charge in [0.25, 0.3) is 10.0 Å². The van der Waals surface area contributed by atoms with E-state index in [2.05, 4.69) is 4.72 Å². The van der Waals surface area contributed by atoms with Crippen molar-refractivity contribution in [2.75, 3.05) is 4.72 Å². The Morgan fingerprint density at radius 3 is 2.48 bits per heavy atom. The highest BCUT2D eigenvalue weighted by atomic mass is 35.5. The maximum absolute atomic E-state index is 12.5.